The van der Waals surface area contributed by atoms with Crippen LogP contribution in [0.2, 0.25) is 0 Å². The molecule has 126 valence electrons. The fourth-order valence-electron chi connectivity index (χ4n) is 2.90. The molecule has 1 saturated carbocycles. The van der Waals surface area contributed by atoms with Gasteiger partial charge in [0.25, 0.3) is 10.0 Å². The van der Waals surface area contributed by atoms with E-state index in [9.17, 15) is 13.2 Å². The highest BCUT2D eigenvalue weighted by atomic mass is 32.2. The van der Waals surface area contributed by atoms with E-state index in [0.717, 1.165) is 10.7 Å². The highest BCUT2D eigenvalue weighted by molar-refractivity contribution is 7.89. The van der Waals surface area contributed by atoms with Crippen molar-refractivity contribution in [3.63, 3.8) is 0 Å². The molecule has 7 heteroatoms. The van der Waals surface area contributed by atoms with Crippen LogP contribution in [-0.4, -0.2) is 42.7 Å². The Morgan fingerprint density at radius 2 is 1.87 bits per heavy atom. The van der Waals surface area contributed by atoms with Crippen LogP contribution in [0.25, 0.3) is 0 Å². The van der Waals surface area contributed by atoms with Gasteiger partial charge in [-0.2, -0.15) is 4.31 Å². The molecule has 0 aromatic heterocycles. The van der Waals surface area contributed by atoms with Gasteiger partial charge in [-0.05, 0) is 45.7 Å². The monoisotopic (exact) mass is 339 g/mol. The molecule has 0 N–H and O–H groups in total. The Bertz CT molecular complexity index is 695. The molecular formula is C16H21NO5S. The van der Waals surface area contributed by atoms with Gasteiger partial charge in [0.2, 0.25) is 0 Å². The van der Waals surface area contributed by atoms with Gasteiger partial charge in [-0.1, -0.05) is 18.2 Å². The van der Waals surface area contributed by atoms with Gasteiger partial charge < -0.3 is 9.47 Å². The van der Waals surface area contributed by atoms with Gasteiger partial charge in [-0.15, -0.1) is 0 Å². The van der Waals surface area contributed by atoms with Crippen molar-refractivity contribution in [2.45, 2.75) is 62.4 Å². The number of hydrogen-bond donors (Lipinski definition) is 0. The molecule has 1 saturated heterocycles. The first-order chi connectivity index (χ1) is 10.7. The molecule has 1 heterocycles. The molecule has 3 atom stereocenters. The third-order valence-corrected chi connectivity index (χ3v) is 5.73. The Labute approximate surface area is 136 Å². The number of nitrogens with zero attached hydrogens (tertiary/aromatic N) is 1. The lowest BCUT2D eigenvalue weighted by Crippen LogP contribution is -2.48. The van der Waals surface area contributed by atoms with Crippen molar-refractivity contribution in [1.82, 2.24) is 4.31 Å². The van der Waals surface area contributed by atoms with Gasteiger partial charge in [0.15, 0.2) is 0 Å². The second-order valence-corrected chi connectivity index (χ2v) is 8.69. The molecule has 6 nitrogen and oxygen atoms in total. The van der Waals surface area contributed by atoms with E-state index in [0.29, 0.717) is 6.42 Å². The number of carbonyl (C=O) groups is 1. The van der Waals surface area contributed by atoms with Crippen LogP contribution in [0.15, 0.2) is 35.2 Å². The summed E-state index contributed by atoms with van der Waals surface area (Å²) in [4.78, 5) is 12.7. The number of amides is 1. The van der Waals surface area contributed by atoms with Crippen LogP contribution in [0.4, 0.5) is 4.79 Å². The zero-order valence-corrected chi connectivity index (χ0v) is 14.2. The van der Waals surface area contributed by atoms with Crippen LogP contribution in [0.5, 0.6) is 0 Å². The summed E-state index contributed by atoms with van der Waals surface area (Å²) in [7, 11) is -3.98. The zero-order valence-electron chi connectivity index (χ0n) is 13.4. The van der Waals surface area contributed by atoms with Crippen LogP contribution in [0.1, 0.15) is 33.6 Å². The average molecular weight is 339 g/mol. The Balaban J connectivity index is 1.96. The fraction of sp³-hybridized carbons (Fsp3) is 0.562. The topological polar surface area (TPSA) is 76.2 Å². The number of ether oxygens (including phenoxy) is 2. The molecule has 0 bridgehead atoms. The van der Waals surface area contributed by atoms with Crippen LogP contribution in [0.3, 0.4) is 0 Å². The predicted molar refractivity (Wildman–Crippen MR) is 83.4 cm³/mol. The Morgan fingerprint density at radius 1 is 1.22 bits per heavy atom. The summed E-state index contributed by atoms with van der Waals surface area (Å²) in [5.41, 5.74) is -0.774. The van der Waals surface area contributed by atoms with Crippen LogP contribution in [-0.2, 0) is 19.5 Å². The van der Waals surface area contributed by atoms with Gasteiger partial charge in [0.1, 0.15) is 11.7 Å². The molecule has 1 aliphatic heterocycles. The number of benzene rings is 1. The third-order valence-electron chi connectivity index (χ3n) is 3.92. The minimum absolute atomic E-state index is 0.0657. The Hall–Kier alpha value is -1.60. The first kappa shape index (κ1) is 16.3. The Morgan fingerprint density at radius 3 is 2.35 bits per heavy atom. The van der Waals surface area contributed by atoms with E-state index in [-0.39, 0.29) is 17.1 Å². The second-order valence-electron chi connectivity index (χ2n) is 6.88. The molecular weight excluding hydrogens is 318 g/mol. The minimum Gasteiger partial charge on any atom is -0.443 e. The van der Waals surface area contributed by atoms with Gasteiger partial charge >= 0.3 is 6.09 Å². The lowest BCUT2D eigenvalue weighted by atomic mass is 10.2. The third kappa shape index (κ3) is 3.21. The molecule has 0 radical (unpaired) electrons. The first-order valence-corrected chi connectivity index (χ1v) is 9.12. The summed E-state index contributed by atoms with van der Waals surface area (Å²) in [5.74, 6) is 0. The fourth-order valence-corrected chi connectivity index (χ4v) is 4.45. The molecule has 0 spiro atoms. The smallest absolute Gasteiger partial charge is 0.424 e. The number of epoxide rings is 1. The zero-order chi connectivity index (χ0) is 16.8. The van der Waals surface area contributed by atoms with E-state index in [1.165, 1.54) is 12.1 Å². The van der Waals surface area contributed by atoms with Crippen molar-refractivity contribution in [2.24, 2.45) is 0 Å². The van der Waals surface area contributed by atoms with Crippen LogP contribution >= 0.6 is 0 Å². The maximum absolute atomic E-state index is 13.0. The maximum atomic E-state index is 13.0. The Kier molecular flexibility index (Phi) is 3.88. The standard InChI is InChI=1S/C16H21NO5S/c1-16(2,3)22-15(18)17(12-9-10-13-14(12)21-13)23(19,20)11-7-5-4-6-8-11/h4-8,12-14H,9-10H2,1-3H3/t12-,13-,14+/m0/s1. The molecule has 3 rings (SSSR count). The van der Waals surface area contributed by atoms with E-state index in [1.807, 2.05) is 0 Å². The van der Waals surface area contributed by atoms with Gasteiger partial charge in [-0.3, -0.25) is 0 Å². The van der Waals surface area contributed by atoms with E-state index in [1.54, 1.807) is 39.0 Å². The molecule has 2 aliphatic rings. The lowest BCUT2D eigenvalue weighted by molar-refractivity contribution is 0.0311. The SMILES string of the molecule is CC(C)(C)OC(=O)N([C@H]1CC[C@@H]2O[C@@H]21)S(=O)(=O)c1ccccc1. The summed E-state index contributed by atoms with van der Waals surface area (Å²) in [6, 6.07) is 7.45. The van der Waals surface area contributed by atoms with E-state index >= 15 is 0 Å². The number of hydrogen-bond acceptors (Lipinski definition) is 5. The largest absolute Gasteiger partial charge is 0.443 e. The quantitative estimate of drug-likeness (QED) is 0.791. The summed E-state index contributed by atoms with van der Waals surface area (Å²) in [6.45, 7) is 5.13. The molecule has 1 aromatic carbocycles. The van der Waals surface area contributed by atoms with Crippen molar-refractivity contribution in [3.05, 3.63) is 30.3 Å². The van der Waals surface area contributed by atoms with Crippen molar-refractivity contribution >= 4 is 16.1 Å². The van der Waals surface area contributed by atoms with Crippen molar-refractivity contribution in [2.75, 3.05) is 0 Å². The number of rotatable bonds is 3. The highest BCUT2D eigenvalue weighted by Gasteiger charge is 2.56. The highest BCUT2D eigenvalue weighted by Crippen LogP contribution is 2.43. The predicted octanol–water partition coefficient (Wildman–Crippen LogP) is 2.54. The summed E-state index contributed by atoms with van der Waals surface area (Å²) in [6.07, 6.45) is 0.374. The molecule has 1 amide bonds. The normalized spacial score (nSPS) is 26.5. The molecule has 23 heavy (non-hydrogen) atoms. The van der Waals surface area contributed by atoms with Crippen LogP contribution in [0, 0.1) is 0 Å². The second kappa shape index (κ2) is 5.49. The lowest BCUT2D eigenvalue weighted by Gasteiger charge is -2.31. The van der Waals surface area contributed by atoms with E-state index < -0.39 is 27.8 Å². The van der Waals surface area contributed by atoms with Crippen molar-refractivity contribution < 1.29 is 22.7 Å². The maximum Gasteiger partial charge on any atom is 0.424 e. The van der Waals surface area contributed by atoms with Crippen molar-refractivity contribution in [1.29, 1.82) is 0 Å². The van der Waals surface area contributed by atoms with Gasteiger partial charge in [0.05, 0.1) is 17.0 Å². The van der Waals surface area contributed by atoms with Crippen LogP contribution < -0.4 is 0 Å². The van der Waals surface area contributed by atoms with Gasteiger partial charge in [0, 0.05) is 0 Å². The summed E-state index contributed by atoms with van der Waals surface area (Å²) < 4.78 is 37.6. The van der Waals surface area contributed by atoms with E-state index in [4.69, 9.17) is 9.47 Å². The van der Waals surface area contributed by atoms with Crippen molar-refractivity contribution in [3.8, 4) is 0 Å². The molecule has 2 fully saturated rings. The summed E-state index contributed by atoms with van der Waals surface area (Å²) >= 11 is 0. The number of fused-ring (bicyclic) bond motifs is 1. The molecule has 0 unspecified atom stereocenters. The van der Waals surface area contributed by atoms with Gasteiger partial charge in [-0.25, -0.2) is 13.2 Å². The minimum atomic E-state index is -3.98. The summed E-state index contributed by atoms with van der Waals surface area (Å²) in [5, 5.41) is 0. The molecule has 1 aromatic rings. The average Bonchev–Trinajstić information content (AvgIpc) is 3.12. The van der Waals surface area contributed by atoms with E-state index in [2.05, 4.69) is 0 Å². The molecule has 1 aliphatic carbocycles. The number of sulfonamides is 1. The number of carbonyl (C=O) groups excluding carboxylic acids is 1. The first-order valence-electron chi connectivity index (χ1n) is 7.68.